The van der Waals surface area contributed by atoms with E-state index in [-0.39, 0.29) is 52.3 Å². The van der Waals surface area contributed by atoms with Gasteiger partial charge in [-0.3, -0.25) is 14.9 Å². The predicted octanol–water partition coefficient (Wildman–Crippen LogP) is 2.88. The fraction of sp³-hybridized carbons (Fsp3) is 0.545. The van der Waals surface area contributed by atoms with Crippen molar-refractivity contribution in [2.75, 3.05) is 32.8 Å². The van der Waals surface area contributed by atoms with Gasteiger partial charge >= 0.3 is 0 Å². The molecule has 12 nitrogen and oxygen atoms in total. The van der Waals surface area contributed by atoms with Crippen molar-refractivity contribution in [1.29, 1.82) is 0 Å². The van der Waals surface area contributed by atoms with Gasteiger partial charge in [0.2, 0.25) is 15.9 Å². The van der Waals surface area contributed by atoms with Crippen molar-refractivity contribution < 1.29 is 27.6 Å². The summed E-state index contributed by atoms with van der Waals surface area (Å²) in [6.45, 7) is 10.9. The molecule has 1 N–H and O–H groups in total. The Labute approximate surface area is 204 Å². The minimum absolute atomic E-state index is 0.0196. The highest BCUT2D eigenvalue weighted by molar-refractivity contribution is 7.89. The van der Waals surface area contributed by atoms with Crippen LogP contribution in [-0.4, -0.2) is 66.8 Å². The number of hydrogen-bond donors (Lipinski definition) is 1. The lowest BCUT2D eigenvalue weighted by atomic mass is 10.2. The molecule has 1 fully saturated rings. The number of benzene rings is 1. The number of hydrogen-bond acceptors (Lipinski definition) is 8. The highest BCUT2D eigenvalue weighted by atomic mass is 32.2. The van der Waals surface area contributed by atoms with Crippen LogP contribution in [0.1, 0.15) is 49.8 Å². The lowest BCUT2D eigenvalue weighted by Gasteiger charge is -2.26. The zero-order valence-corrected chi connectivity index (χ0v) is 21.3. The first kappa shape index (κ1) is 26.6. The highest BCUT2D eigenvalue weighted by Gasteiger charge is 2.30. The van der Waals surface area contributed by atoms with Crippen LogP contribution >= 0.6 is 0 Å². The van der Waals surface area contributed by atoms with E-state index in [0.29, 0.717) is 31.9 Å². The number of nitrogens with zero attached hydrogens (tertiary/aromatic N) is 4. The van der Waals surface area contributed by atoms with E-state index in [1.165, 1.54) is 16.8 Å². The molecule has 2 aromatic rings. The molecule has 0 spiro atoms. The van der Waals surface area contributed by atoms with Gasteiger partial charge in [0.15, 0.2) is 5.69 Å². The van der Waals surface area contributed by atoms with E-state index in [0.717, 1.165) is 6.07 Å². The van der Waals surface area contributed by atoms with Crippen molar-refractivity contribution in [2.45, 2.75) is 45.6 Å². The molecule has 13 heteroatoms. The summed E-state index contributed by atoms with van der Waals surface area (Å²) < 4.78 is 41.4. The Morgan fingerprint density at radius 3 is 2.49 bits per heavy atom. The van der Waals surface area contributed by atoms with Gasteiger partial charge in [-0.1, -0.05) is 13.8 Å². The molecule has 0 unspecified atom stereocenters. The highest BCUT2D eigenvalue weighted by Crippen LogP contribution is 2.36. The third-order valence-electron chi connectivity index (χ3n) is 5.40. The number of amides is 1. The van der Waals surface area contributed by atoms with E-state index in [9.17, 15) is 23.3 Å². The van der Waals surface area contributed by atoms with Gasteiger partial charge < -0.3 is 14.4 Å². The van der Waals surface area contributed by atoms with Crippen LogP contribution in [-0.2, 0) is 14.8 Å². The Morgan fingerprint density at radius 1 is 1.26 bits per heavy atom. The number of nitrogens with one attached hydrogen (secondary N) is 1. The fourth-order valence-electron chi connectivity index (χ4n) is 3.46. The lowest BCUT2D eigenvalue weighted by molar-refractivity contribution is -0.385. The smallest absolute Gasteiger partial charge is 0.274 e. The number of carbonyl (C=O) groups is 1. The number of nitro benzene ring substituents is 1. The number of sulfonamides is 1. The van der Waals surface area contributed by atoms with Crippen LogP contribution in [0.3, 0.4) is 0 Å². The predicted molar refractivity (Wildman–Crippen MR) is 127 cm³/mol. The third-order valence-corrected chi connectivity index (χ3v) is 6.84. The van der Waals surface area contributed by atoms with E-state index in [4.69, 9.17) is 9.47 Å². The van der Waals surface area contributed by atoms with Crippen molar-refractivity contribution in [2.24, 2.45) is 5.92 Å². The number of non-ortho nitro benzene ring substituents is 1. The summed E-state index contributed by atoms with van der Waals surface area (Å²) >= 11 is 0. The molecule has 0 bridgehead atoms. The molecule has 35 heavy (non-hydrogen) atoms. The maximum atomic E-state index is 13.1. The van der Waals surface area contributed by atoms with Crippen LogP contribution in [0.4, 0.5) is 5.69 Å². The van der Waals surface area contributed by atoms with Crippen LogP contribution in [0.5, 0.6) is 11.6 Å². The topological polar surface area (TPSA) is 146 Å². The zero-order chi connectivity index (χ0) is 25.9. The van der Waals surface area contributed by atoms with Gasteiger partial charge in [0.1, 0.15) is 10.6 Å². The molecule has 1 amide bonds. The first-order chi connectivity index (χ1) is 16.4. The Morgan fingerprint density at radius 2 is 1.91 bits per heavy atom. The van der Waals surface area contributed by atoms with Gasteiger partial charge in [0, 0.05) is 37.3 Å². The standard InChI is InChI=1S/C22H31N5O7S/c1-14(2)13-23-35(31,32)19-12-17(27(29)30)6-7-18(19)34-22-16(5)20(24-26(22)15(3)4)21(28)25-8-10-33-11-9-25/h6-7,12,14-15,23H,8-11,13H2,1-5H3. The summed E-state index contributed by atoms with van der Waals surface area (Å²) in [6.07, 6.45) is 0. The molecule has 1 aromatic heterocycles. The number of nitro groups is 1. The largest absolute Gasteiger partial charge is 0.438 e. The summed E-state index contributed by atoms with van der Waals surface area (Å²) in [6, 6.07) is 3.15. The van der Waals surface area contributed by atoms with Crippen LogP contribution in [0.25, 0.3) is 0 Å². The molecule has 1 aliphatic rings. The molecule has 2 heterocycles. The van der Waals surface area contributed by atoms with Crippen molar-refractivity contribution in [3.63, 3.8) is 0 Å². The second kappa shape index (κ2) is 10.7. The Hall–Kier alpha value is -3.03. The number of carbonyl (C=O) groups excluding carboxylic acids is 1. The normalized spacial score (nSPS) is 14.5. The van der Waals surface area contributed by atoms with Crippen LogP contribution < -0.4 is 9.46 Å². The van der Waals surface area contributed by atoms with E-state index in [1.54, 1.807) is 11.8 Å². The molecule has 1 aliphatic heterocycles. The van der Waals surface area contributed by atoms with E-state index >= 15 is 0 Å². The van der Waals surface area contributed by atoms with Crippen molar-refractivity contribution in [3.8, 4) is 11.6 Å². The van der Waals surface area contributed by atoms with Crippen molar-refractivity contribution in [3.05, 3.63) is 39.6 Å². The molecule has 192 valence electrons. The summed E-state index contributed by atoms with van der Waals surface area (Å²) in [5.41, 5.74) is 0.242. The monoisotopic (exact) mass is 509 g/mol. The summed E-state index contributed by atoms with van der Waals surface area (Å²) in [4.78, 5) is 25.0. The average molecular weight is 510 g/mol. The van der Waals surface area contributed by atoms with Gasteiger partial charge in [0.25, 0.3) is 11.6 Å². The first-order valence-corrected chi connectivity index (χ1v) is 12.8. The molecular weight excluding hydrogens is 478 g/mol. The Kier molecular flexibility index (Phi) is 8.13. The Balaban J connectivity index is 2.06. The van der Waals surface area contributed by atoms with Crippen LogP contribution in [0.2, 0.25) is 0 Å². The molecule has 0 aliphatic carbocycles. The maximum absolute atomic E-state index is 13.1. The molecule has 0 saturated carbocycles. The van der Waals surface area contributed by atoms with Crippen LogP contribution in [0, 0.1) is 23.0 Å². The van der Waals surface area contributed by atoms with Crippen molar-refractivity contribution >= 4 is 21.6 Å². The van der Waals surface area contributed by atoms with Gasteiger partial charge in [0.05, 0.1) is 24.2 Å². The zero-order valence-electron chi connectivity index (χ0n) is 20.5. The second-order valence-corrected chi connectivity index (χ2v) is 10.7. The quantitative estimate of drug-likeness (QED) is 0.401. The number of rotatable bonds is 9. The SMILES string of the molecule is Cc1c(C(=O)N2CCOCC2)nn(C(C)C)c1Oc1ccc([N+](=O)[O-])cc1S(=O)(=O)NCC(C)C. The molecule has 0 radical (unpaired) electrons. The van der Waals surface area contributed by atoms with Crippen LogP contribution in [0.15, 0.2) is 23.1 Å². The maximum Gasteiger partial charge on any atom is 0.274 e. The number of ether oxygens (including phenoxy) is 2. The van der Waals surface area contributed by atoms with Crippen molar-refractivity contribution in [1.82, 2.24) is 19.4 Å². The van der Waals surface area contributed by atoms with Gasteiger partial charge in [-0.15, -0.1) is 0 Å². The lowest BCUT2D eigenvalue weighted by Crippen LogP contribution is -2.41. The Bertz CT molecular complexity index is 1200. The van der Waals surface area contributed by atoms with E-state index in [1.807, 2.05) is 27.7 Å². The summed E-state index contributed by atoms with van der Waals surface area (Å²) in [7, 11) is -4.13. The first-order valence-electron chi connectivity index (χ1n) is 11.3. The van der Waals surface area contributed by atoms with E-state index in [2.05, 4.69) is 9.82 Å². The van der Waals surface area contributed by atoms with Gasteiger partial charge in [-0.05, 0) is 32.8 Å². The number of morpholine rings is 1. The molecule has 3 rings (SSSR count). The third kappa shape index (κ3) is 5.97. The summed E-state index contributed by atoms with van der Waals surface area (Å²) in [5, 5.41) is 15.8. The average Bonchev–Trinajstić information content (AvgIpc) is 3.14. The summed E-state index contributed by atoms with van der Waals surface area (Å²) in [5.74, 6) is -0.177. The number of aromatic nitrogens is 2. The molecular formula is C22H31N5O7S. The fourth-order valence-corrected chi connectivity index (χ4v) is 4.82. The molecule has 1 aromatic carbocycles. The molecule has 1 saturated heterocycles. The van der Waals surface area contributed by atoms with E-state index < -0.39 is 14.9 Å². The minimum Gasteiger partial charge on any atom is -0.438 e. The second-order valence-electron chi connectivity index (χ2n) is 8.96. The van der Waals surface area contributed by atoms with Gasteiger partial charge in [-0.2, -0.15) is 5.10 Å². The minimum atomic E-state index is -4.13. The van der Waals surface area contributed by atoms with Gasteiger partial charge in [-0.25, -0.2) is 17.8 Å². The molecule has 0 atom stereocenters.